The van der Waals surface area contributed by atoms with Crippen LogP contribution < -0.4 is 15.4 Å². The van der Waals surface area contributed by atoms with Gasteiger partial charge >= 0.3 is 0 Å². The van der Waals surface area contributed by atoms with Gasteiger partial charge in [0.2, 0.25) is 5.91 Å². The van der Waals surface area contributed by atoms with Crippen molar-refractivity contribution >= 4 is 11.8 Å². The zero-order valence-corrected chi connectivity index (χ0v) is 14.2. The van der Waals surface area contributed by atoms with Gasteiger partial charge in [-0.25, -0.2) is 0 Å². The summed E-state index contributed by atoms with van der Waals surface area (Å²) in [5, 5.41) is 14.5. The molecular weight excluding hydrogens is 330 g/mol. The minimum atomic E-state index is -0.334. The molecule has 0 saturated heterocycles. The Morgan fingerprint density at radius 1 is 1.15 bits per heavy atom. The maximum atomic E-state index is 12.2. The average Bonchev–Trinajstić information content (AvgIpc) is 3.48. The van der Waals surface area contributed by atoms with Gasteiger partial charge < -0.3 is 15.4 Å². The molecule has 1 aliphatic carbocycles. The first-order valence-corrected chi connectivity index (χ1v) is 8.44. The third kappa shape index (κ3) is 4.84. The van der Waals surface area contributed by atoms with Gasteiger partial charge in [-0.1, -0.05) is 24.3 Å². The van der Waals surface area contributed by atoms with Crippen LogP contribution >= 0.6 is 0 Å². The van der Waals surface area contributed by atoms with Gasteiger partial charge in [0.15, 0.2) is 0 Å². The molecule has 6 heteroatoms. The van der Waals surface area contributed by atoms with E-state index in [1.807, 2.05) is 12.1 Å². The third-order valence-electron chi connectivity index (χ3n) is 3.98. The Morgan fingerprint density at radius 3 is 2.73 bits per heavy atom. The predicted octanol–water partition coefficient (Wildman–Crippen LogP) is 2.15. The molecule has 2 aromatic carbocycles. The van der Waals surface area contributed by atoms with Crippen molar-refractivity contribution in [3.8, 4) is 11.8 Å². The van der Waals surface area contributed by atoms with Crippen LogP contribution in [0.15, 0.2) is 48.5 Å². The molecule has 26 heavy (non-hydrogen) atoms. The van der Waals surface area contributed by atoms with Crippen molar-refractivity contribution in [2.75, 3.05) is 6.54 Å². The highest BCUT2D eigenvalue weighted by Crippen LogP contribution is 2.18. The third-order valence-corrected chi connectivity index (χ3v) is 3.98. The Bertz CT molecular complexity index is 853. The number of benzene rings is 2. The fourth-order valence-electron chi connectivity index (χ4n) is 2.41. The molecule has 0 spiro atoms. The van der Waals surface area contributed by atoms with Gasteiger partial charge in [0, 0.05) is 17.2 Å². The Kier molecular flexibility index (Phi) is 5.49. The second-order valence-electron chi connectivity index (χ2n) is 6.11. The molecule has 0 bridgehead atoms. The summed E-state index contributed by atoms with van der Waals surface area (Å²) in [5.41, 5.74) is 1.75. The summed E-state index contributed by atoms with van der Waals surface area (Å²) < 4.78 is 5.70. The number of hydrogen-bond donors (Lipinski definition) is 2. The molecule has 6 nitrogen and oxygen atoms in total. The van der Waals surface area contributed by atoms with Crippen molar-refractivity contribution in [1.29, 1.82) is 5.26 Å². The number of nitrogens with one attached hydrogen (secondary N) is 2. The molecule has 1 saturated carbocycles. The highest BCUT2D eigenvalue weighted by molar-refractivity contribution is 5.96. The van der Waals surface area contributed by atoms with Crippen LogP contribution in [0.25, 0.3) is 0 Å². The van der Waals surface area contributed by atoms with E-state index in [0.717, 1.165) is 18.4 Å². The molecule has 3 rings (SSSR count). The molecule has 1 fully saturated rings. The van der Waals surface area contributed by atoms with Crippen molar-refractivity contribution in [2.24, 2.45) is 0 Å². The molecule has 132 valence electrons. The number of amides is 2. The van der Waals surface area contributed by atoms with Crippen molar-refractivity contribution < 1.29 is 14.3 Å². The van der Waals surface area contributed by atoms with Gasteiger partial charge in [0.1, 0.15) is 12.4 Å². The van der Waals surface area contributed by atoms with Gasteiger partial charge in [-0.2, -0.15) is 5.26 Å². The molecular formula is C20H19N3O3. The van der Waals surface area contributed by atoms with Crippen molar-refractivity contribution in [3.05, 3.63) is 65.2 Å². The van der Waals surface area contributed by atoms with Crippen molar-refractivity contribution in [3.63, 3.8) is 0 Å². The van der Waals surface area contributed by atoms with Gasteiger partial charge in [0.05, 0.1) is 18.2 Å². The molecule has 0 atom stereocenters. The predicted molar refractivity (Wildman–Crippen MR) is 95.4 cm³/mol. The lowest BCUT2D eigenvalue weighted by Crippen LogP contribution is -2.37. The fraction of sp³-hybridized carbons (Fsp3) is 0.250. The minimum absolute atomic E-state index is 0.0457. The summed E-state index contributed by atoms with van der Waals surface area (Å²) in [7, 11) is 0. The lowest BCUT2D eigenvalue weighted by molar-refractivity contribution is -0.120. The number of rotatable bonds is 7. The number of carbonyl (C=O) groups excluding carboxylic acids is 2. The number of ether oxygens (including phenoxy) is 1. The summed E-state index contributed by atoms with van der Waals surface area (Å²) in [6.45, 7) is 0.189. The zero-order chi connectivity index (χ0) is 18.4. The van der Waals surface area contributed by atoms with E-state index in [1.54, 1.807) is 36.4 Å². The second kappa shape index (κ2) is 8.17. The van der Waals surface area contributed by atoms with Crippen LogP contribution in [0.1, 0.15) is 34.3 Å². The zero-order valence-electron chi connectivity index (χ0n) is 14.2. The maximum Gasteiger partial charge on any atom is 0.251 e. The smallest absolute Gasteiger partial charge is 0.251 e. The van der Waals surface area contributed by atoms with Crippen LogP contribution in [0.3, 0.4) is 0 Å². The highest BCUT2D eigenvalue weighted by Gasteiger charge is 2.23. The SMILES string of the molecule is N#Cc1ccccc1COc1cccc(C(=O)NCC(=O)NC2CC2)c1. The number of nitriles is 1. The molecule has 2 aromatic rings. The Hall–Kier alpha value is -3.33. The molecule has 2 amide bonds. The van der Waals surface area contributed by atoms with E-state index in [9.17, 15) is 9.59 Å². The fourth-order valence-corrected chi connectivity index (χ4v) is 2.41. The van der Waals surface area contributed by atoms with Crippen LogP contribution in [0, 0.1) is 11.3 Å². The molecule has 0 radical (unpaired) electrons. The van der Waals surface area contributed by atoms with Gasteiger partial charge in [-0.05, 0) is 37.1 Å². The molecule has 2 N–H and O–H groups in total. The van der Waals surface area contributed by atoms with E-state index >= 15 is 0 Å². The van der Waals surface area contributed by atoms with Crippen LogP contribution in [-0.2, 0) is 11.4 Å². The molecule has 0 heterocycles. The Labute approximate surface area is 151 Å². The van der Waals surface area contributed by atoms with Crippen LogP contribution in [0.5, 0.6) is 5.75 Å². The van der Waals surface area contributed by atoms with Crippen molar-refractivity contribution in [1.82, 2.24) is 10.6 Å². The second-order valence-corrected chi connectivity index (χ2v) is 6.11. The van der Waals surface area contributed by atoms with E-state index in [2.05, 4.69) is 16.7 Å². The summed E-state index contributed by atoms with van der Waals surface area (Å²) in [5.74, 6) is 0.00742. The molecule has 1 aliphatic rings. The Morgan fingerprint density at radius 2 is 1.96 bits per heavy atom. The van der Waals surface area contributed by atoms with Crippen LogP contribution in [0.4, 0.5) is 0 Å². The number of carbonyl (C=O) groups is 2. The molecule has 0 aliphatic heterocycles. The first-order valence-electron chi connectivity index (χ1n) is 8.44. The standard InChI is InChI=1S/C20H19N3O3/c21-11-15-4-1-2-5-16(15)13-26-18-7-3-6-14(10-18)20(25)22-12-19(24)23-17-8-9-17/h1-7,10,17H,8-9,12-13H2,(H,22,25)(H,23,24). The van der Waals surface area contributed by atoms with E-state index < -0.39 is 0 Å². The topological polar surface area (TPSA) is 91.2 Å². The Balaban J connectivity index is 1.56. The van der Waals surface area contributed by atoms with Gasteiger partial charge in [0.25, 0.3) is 5.91 Å². The minimum Gasteiger partial charge on any atom is -0.489 e. The summed E-state index contributed by atoms with van der Waals surface area (Å²) >= 11 is 0. The van der Waals surface area contributed by atoms with E-state index in [-0.39, 0.29) is 31.0 Å². The summed E-state index contributed by atoms with van der Waals surface area (Å²) in [4.78, 5) is 23.8. The van der Waals surface area contributed by atoms with Crippen LogP contribution in [0.2, 0.25) is 0 Å². The lowest BCUT2D eigenvalue weighted by Gasteiger charge is -2.10. The first-order chi connectivity index (χ1) is 12.7. The summed E-state index contributed by atoms with van der Waals surface area (Å²) in [6.07, 6.45) is 2.02. The normalized spacial score (nSPS) is 12.7. The number of hydrogen-bond acceptors (Lipinski definition) is 4. The van der Waals surface area contributed by atoms with Crippen molar-refractivity contribution in [2.45, 2.75) is 25.5 Å². The van der Waals surface area contributed by atoms with E-state index in [0.29, 0.717) is 16.9 Å². The molecule has 0 aromatic heterocycles. The van der Waals surface area contributed by atoms with Gasteiger partial charge in [-0.15, -0.1) is 0 Å². The molecule has 0 unspecified atom stereocenters. The van der Waals surface area contributed by atoms with E-state index in [4.69, 9.17) is 10.00 Å². The monoisotopic (exact) mass is 349 g/mol. The average molecular weight is 349 g/mol. The quantitative estimate of drug-likeness (QED) is 0.801. The maximum absolute atomic E-state index is 12.2. The number of nitrogens with zero attached hydrogens (tertiary/aromatic N) is 1. The largest absolute Gasteiger partial charge is 0.489 e. The van der Waals surface area contributed by atoms with E-state index in [1.165, 1.54) is 0 Å². The first kappa shape index (κ1) is 17.5. The highest BCUT2D eigenvalue weighted by atomic mass is 16.5. The summed E-state index contributed by atoms with van der Waals surface area (Å²) in [6, 6.07) is 16.3. The van der Waals surface area contributed by atoms with Gasteiger partial charge in [-0.3, -0.25) is 9.59 Å². The lowest BCUT2D eigenvalue weighted by atomic mass is 10.1. The van der Waals surface area contributed by atoms with Crippen LogP contribution in [-0.4, -0.2) is 24.4 Å².